The Hall–Kier alpha value is -1.63. The van der Waals surface area contributed by atoms with Crippen LogP contribution in [0.1, 0.15) is 16.7 Å². The van der Waals surface area contributed by atoms with Crippen molar-refractivity contribution in [1.82, 2.24) is 0 Å². The van der Waals surface area contributed by atoms with Crippen molar-refractivity contribution >= 4 is 22.4 Å². The van der Waals surface area contributed by atoms with Gasteiger partial charge in [0.1, 0.15) is 0 Å². The second-order valence-electron chi connectivity index (χ2n) is 4.17. The lowest BCUT2D eigenvalue weighted by atomic mass is 10.2. The molecule has 2 aromatic carbocycles. The van der Waals surface area contributed by atoms with Gasteiger partial charge in [0.25, 0.3) is 0 Å². The second kappa shape index (κ2) is 6.01. The van der Waals surface area contributed by atoms with Crippen LogP contribution in [0, 0.1) is 18.3 Å². The lowest BCUT2D eigenvalue weighted by Gasteiger charge is -2.07. The number of benzene rings is 2. The van der Waals surface area contributed by atoms with Gasteiger partial charge in [0, 0.05) is 9.92 Å². The van der Waals surface area contributed by atoms with E-state index in [9.17, 15) is 4.21 Å². The van der Waals surface area contributed by atoms with Gasteiger partial charge in [-0.05, 0) is 36.2 Å². The van der Waals surface area contributed by atoms with Crippen LogP contribution in [0.5, 0.6) is 0 Å². The Morgan fingerprint density at radius 3 is 2.63 bits per heavy atom. The molecule has 1 unspecified atom stereocenters. The van der Waals surface area contributed by atoms with Gasteiger partial charge in [-0.15, -0.1) is 0 Å². The predicted molar refractivity (Wildman–Crippen MR) is 77.5 cm³/mol. The van der Waals surface area contributed by atoms with E-state index in [1.807, 2.05) is 37.3 Å². The van der Waals surface area contributed by atoms with E-state index in [1.165, 1.54) is 0 Å². The Kier molecular flexibility index (Phi) is 4.36. The zero-order valence-electron chi connectivity index (χ0n) is 10.4. The van der Waals surface area contributed by atoms with Crippen molar-refractivity contribution in [1.29, 1.82) is 5.26 Å². The monoisotopic (exact) mass is 289 g/mol. The van der Waals surface area contributed by atoms with Crippen molar-refractivity contribution in [3.8, 4) is 6.07 Å². The quantitative estimate of drug-likeness (QED) is 0.861. The van der Waals surface area contributed by atoms with Crippen LogP contribution in [-0.4, -0.2) is 4.21 Å². The number of hydrogen-bond donors (Lipinski definition) is 0. The van der Waals surface area contributed by atoms with E-state index in [0.29, 0.717) is 16.3 Å². The highest BCUT2D eigenvalue weighted by molar-refractivity contribution is 7.84. The third-order valence-electron chi connectivity index (χ3n) is 2.81. The summed E-state index contributed by atoms with van der Waals surface area (Å²) in [7, 11) is -1.13. The summed E-state index contributed by atoms with van der Waals surface area (Å²) in [6.07, 6.45) is 0. The molecule has 0 N–H and O–H groups in total. The minimum Gasteiger partial charge on any atom is -0.254 e. The summed E-state index contributed by atoms with van der Waals surface area (Å²) >= 11 is 6.09. The molecule has 0 radical (unpaired) electrons. The average Bonchev–Trinajstić information content (AvgIpc) is 2.41. The Balaban J connectivity index is 2.25. The third kappa shape index (κ3) is 3.23. The molecule has 0 fully saturated rings. The number of halogens is 1. The Labute approximate surface area is 120 Å². The molecule has 0 aliphatic rings. The zero-order valence-corrected chi connectivity index (χ0v) is 12.0. The molecular formula is C15H12ClNOS. The smallest absolute Gasteiger partial charge is 0.0992 e. The molecule has 0 amide bonds. The molecule has 0 saturated heterocycles. The van der Waals surface area contributed by atoms with Gasteiger partial charge in [0.15, 0.2) is 0 Å². The van der Waals surface area contributed by atoms with Crippen molar-refractivity contribution in [2.24, 2.45) is 0 Å². The Morgan fingerprint density at radius 1 is 1.26 bits per heavy atom. The molecule has 19 heavy (non-hydrogen) atoms. The lowest BCUT2D eigenvalue weighted by Crippen LogP contribution is -1.99. The van der Waals surface area contributed by atoms with E-state index in [-0.39, 0.29) is 0 Å². The van der Waals surface area contributed by atoms with E-state index in [0.717, 1.165) is 16.0 Å². The summed E-state index contributed by atoms with van der Waals surface area (Å²) in [4.78, 5) is 0.822. The van der Waals surface area contributed by atoms with Crippen molar-refractivity contribution in [2.75, 3.05) is 0 Å². The van der Waals surface area contributed by atoms with Gasteiger partial charge in [-0.3, -0.25) is 4.21 Å². The van der Waals surface area contributed by atoms with E-state index in [1.54, 1.807) is 18.2 Å². The van der Waals surface area contributed by atoms with Crippen molar-refractivity contribution in [2.45, 2.75) is 17.6 Å². The van der Waals surface area contributed by atoms with Gasteiger partial charge in [0.2, 0.25) is 0 Å². The Bertz CT molecular complexity index is 676. The summed E-state index contributed by atoms with van der Waals surface area (Å²) in [5.41, 5.74) is 2.31. The fourth-order valence-corrected chi connectivity index (χ4v) is 3.44. The fourth-order valence-electron chi connectivity index (χ4n) is 1.76. The summed E-state index contributed by atoms with van der Waals surface area (Å²) < 4.78 is 12.3. The van der Waals surface area contributed by atoms with E-state index >= 15 is 0 Å². The number of rotatable bonds is 3. The topological polar surface area (TPSA) is 40.9 Å². The molecule has 2 nitrogen and oxygen atoms in total. The normalized spacial score (nSPS) is 11.8. The molecule has 0 heterocycles. The number of aryl methyl sites for hydroxylation is 1. The summed E-state index contributed by atoms with van der Waals surface area (Å²) in [5.74, 6) is 0.357. The van der Waals surface area contributed by atoms with Crippen molar-refractivity contribution in [3.63, 3.8) is 0 Å². The molecule has 1 atom stereocenters. The highest BCUT2D eigenvalue weighted by Gasteiger charge is 2.10. The van der Waals surface area contributed by atoms with Crippen LogP contribution in [0.4, 0.5) is 0 Å². The van der Waals surface area contributed by atoms with Gasteiger partial charge < -0.3 is 0 Å². The highest BCUT2D eigenvalue weighted by Crippen LogP contribution is 2.22. The first-order valence-electron chi connectivity index (χ1n) is 5.74. The zero-order chi connectivity index (χ0) is 13.8. The van der Waals surface area contributed by atoms with Crippen LogP contribution in [0.2, 0.25) is 5.02 Å². The average molecular weight is 290 g/mol. The summed E-state index contributed by atoms with van der Waals surface area (Å²) in [6, 6.07) is 14.7. The van der Waals surface area contributed by atoms with Crippen LogP contribution in [0.15, 0.2) is 47.4 Å². The maximum atomic E-state index is 12.3. The summed E-state index contributed by atoms with van der Waals surface area (Å²) in [6.45, 7) is 1.94. The largest absolute Gasteiger partial charge is 0.254 e. The predicted octanol–water partition coefficient (Wildman–Crippen LogP) is 3.83. The summed E-state index contributed by atoms with van der Waals surface area (Å²) in [5, 5.41) is 9.27. The molecule has 0 aliphatic heterocycles. The molecule has 0 aliphatic carbocycles. The lowest BCUT2D eigenvalue weighted by molar-refractivity contribution is 0.682. The van der Waals surface area contributed by atoms with E-state index < -0.39 is 10.8 Å². The molecule has 0 spiro atoms. The van der Waals surface area contributed by atoms with E-state index in [2.05, 4.69) is 0 Å². The van der Waals surface area contributed by atoms with E-state index in [4.69, 9.17) is 16.9 Å². The number of nitrogens with zero attached hydrogens (tertiary/aromatic N) is 1. The SMILES string of the molecule is Cc1ccccc1S(=O)Cc1ccc(C#N)cc1Cl. The highest BCUT2D eigenvalue weighted by atomic mass is 35.5. The Morgan fingerprint density at radius 2 is 2.00 bits per heavy atom. The minimum absolute atomic E-state index is 0.357. The van der Waals surface area contributed by atoms with Gasteiger partial charge in [0.05, 0.1) is 28.2 Å². The van der Waals surface area contributed by atoms with Gasteiger partial charge in [-0.2, -0.15) is 5.26 Å². The van der Waals surface area contributed by atoms with Crippen molar-refractivity contribution < 1.29 is 4.21 Å². The fraction of sp³-hybridized carbons (Fsp3) is 0.133. The molecule has 4 heteroatoms. The molecule has 96 valence electrons. The number of hydrogen-bond acceptors (Lipinski definition) is 2. The molecular weight excluding hydrogens is 278 g/mol. The van der Waals surface area contributed by atoms with Crippen LogP contribution in [-0.2, 0) is 16.6 Å². The first-order chi connectivity index (χ1) is 9.11. The molecule has 0 bridgehead atoms. The van der Waals surface area contributed by atoms with Gasteiger partial charge in [-0.1, -0.05) is 35.9 Å². The van der Waals surface area contributed by atoms with Gasteiger partial charge >= 0.3 is 0 Å². The van der Waals surface area contributed by atoms with Crippen molar-refractivity contribution in [3.05, 3.63) is 64.2 Å². The molecule has 2 rings (SSSR count). The minimum atomic E-state index is -1.13. The van der Waals surface area contributed by atoms with Crippen LogP contribution < -0.4 is 0 Å². The first kappa shape index (κ1) is 13.8. The molecule has 2 aromatic rings. The number of nitriles is 1. The van der Waals surface area contributed by atoms with Crippen LogP contribution in [0.3, 0.4) is 0 Å². The third-order valence-corrected chi connectivity index (χ3v) is 4.68. The second-order valence-corrected chi connectivity index (χ2v) is 6.00. The molecule has 0 saturated carbocycles. The maximum absolute atomic E-state index is 12.3. The maximum Gasteiger partial charge on any atom is 0.0992 e. The molecule has 0 aromatic heterocycles. The van der Waals surface area contributed by atoms with Crippen LogP contribution >= 0.6 is 11.6 Å². The van der Waals surface area contributed by atoms with Crippen LogP contribution in [0.25, 0.3) is 0 Å². The first-order valence-corrected chi connectivity index (χ1v) is 7.44. The van der Waals surface area contributed by atoms with Gasteiger partial charge in [-0.25, -0.2) is 0 Å². The standard InChI is InChI=1S/C15H12ClNOS/c1-11-4-2-3-5-15(11)19(18)10-13-7-6-12(9-17)8-14(13)16/h2-8H,10H2,1H3.